The number of rotatable bonds is 3. The molecule has 0 aliphatic heterocycles. The van der Waals surface area contributed by atoms with E-state index < -0.39 is 5.91 Å². The Morgan fingerprint density at radius 1 is 1.00 bits per heavy atom. The number of primary amides is 1. The van der Waals surface area contributed by atoms with Crippen LogP contribution in [0, 0.1) is 12.7 Å². The number of pyridine rings is 1. The predicted molar refractivity (Wildman–Crippen MR) is 94.9 cm³/mol. The lowest BCUT2D eigenvalue weighted by Gasteiger charge is -2.10. The molecule has 0 fully saturated rings. The van der Waals surface area contributed by atoms with Crippen molar-refractivity contribution in [2.45, 2.75) is 6.92 Å². The van der Waals surface area contributed by atoms with Crippen LogP contribution in [0.5, 0.6) is 0 Å². The van der Waals surface area contributed by atoms with Crippen LogP contribution < -0.4 is 5.73 Å². The average Bonchev–Trinajstić information content (AvgIpc) is 3.02. The highest BCUT2D eigenvalue weighted by Gasteiger charge is 2.15. The van der Waals surface area contributed by atoms with E-state index in [0.717, 1.165) is 16.9 Å². The second-order valence-corrected chi connectivity index (χ2v) is 5.87. The number of nitrogens with two attached hydrogens (primary N) is 1. The maximum Gasteiger partial charge on any atom is 0.268 e. The van der Waals surface area contributed by atoms with E-state index in [1.54, 1.807) is 18.3 Å². The maximum atomic E-state index is 13.3. The number of nitrogens with zero attached hydrogens (tertiary/aromatic N) is 4. The van der Waals surface area contributed by atoms with Crippen LogP contribution >= 0.6 is 0 Å². The van der Waals surface area contributed by atoms with Crippen molar-refractivity contribution < 1.29 is 9.18 Å². The van der Waals surface area contributed by atoms with Gasteiger partial charge in [0.15, 0.2) is 0 Å². The SMILES string of the molecule is Cc1cnc2ccc(-c3nc(C(N)=O)cnc3-c3ccc(F)cc3)cn12. The number of benzene rings is 1. The summed E-state index contributed by atoms with van der Waals surface area (Å²) in [6.07, 6.45) is 4.97. The highest BCUT2D eigenvalue weighted by Crippen LogP contribution is 2.29. The number of fused-ring (bicyclic) bond motifs is 1. The Balaban J connectivity index is 1.96. The van der Waals surface area contributed by atoms with Gasteiger partial charge in [0, 0.05) is 29.2 Å². The number of carbonyl (C=O) groups excluding carboxylic acids is 1. The van der Waals surface area contributed by atoms with Crippen molar-refractivity contribution in [2.24, 2.45) is 5.73 Å². The summed E-state index contributed by atoms with van der Waals surface area (Å²) in [5.41, 5.74) is 9.64. The molecule has 3 heterocycles. The molecule has 4 aromatic rings. The summed E-state index contributed by atoms with van der Waals surface area (Å²) in [4.78, 5) is 24.6. The molecule has 0 spiro atoms. The van der Waals surface area contributed by atoms with Gasteiger partial charge in [0.2, 0.25) is 0 Å². The van der Waals surface area contributed by atoms with Gasteiger partial charge < -0.3 is 10.1 Å². The smallest absolute Gasteiger partial charge is 0.268 e. The number of amides is 1. The molecule has 0 atom stereocenters. The third kappa shape index (κ3) is 2.69. The van der Waals surface area contributed by atoms with Crippen molar-refractivity contribution in [3.8, 4) is 22.5 Å². The summed E-state index contributed by atoms with van der Waals surface area (Å²) in [7, 11) is 0. The van der Waals surface area contributed by atoms with Gasteiger partial charge in [-0.15, -0.1) is 0 Å². The fraction of sp³-hybridized carbons (Fsp3) is 0.0526. The van der Waals surface area contributed by atoms with E-state index in [9.17, 15) is 9.18 Å². The monoisotopic (exact) mass is 347 g/mol. The quantitative estimate of drug-likeness (QED) is 0.617. The molecule has 7 heteroatoms. The molecule has 3 aromatic heterocycles. The molecule has 0 aliphatic carbocycles. The Morgan fingerprint density at radius 3 is 2.46 bits per heavy atom. The number of aryl methyl sites for hydroxylation is 1. The van der Waals surface area contributed by atoms with Gasteiger partial charge in [-0.05, 0) is 43.3 Å². The molecule has 4 rings (SSSR count). The Kier molecular flexibility index (Phi) is 3.69. The molecule has 0 radical (unpaired) electrons. The first-order chi connectivity index (χ1) is 12.5. The highest BCUT2D eigenvalue weighted by atomic mass is 19.1. The molecule has 0 saturated heterocycles. The first kappa shape index (κ1) is 15.9. The first-order valence-electron chi connectivity index (χ1n) is 7.90. The van der Waals surface area contributed by atoms with Gasteiger partial charge in [-0.2, -0.15) is 0 Å². The number of hydrogen-bond donors (Lipinski definition) is 1. The van der Waals surface area contributed by atoms with Crippen LogP contribution in [-0.4, -0.2) is 25.3 Å². The molecule has 0 bridgehead atoms. The molecule has 26 heavy (non-hydrogen) atoms. The van der Waals surface area contributed by atoms with E-state index in [1.807, 2.05) is 29.7 Å². The molecular formula is C19H14FN5O. The molecule has 1 aromatic carbocycles. The van der Waals surface area contributed by atoms with Gasteiger partial charge in [-0.3, -0.25) is 9.78 Å². The van der Waals surface area contributed by atoms with Crippen molar-refractivity contribution in [3.63, 3.8) is 0 Å². The molecule has 1 amide bonds. The Morgan fingerprint density at radius 2 is 1.73 bits per heavy atom. The molecular weight excluding hydrogens is 333 g/mol. The second kappa shape index (κ2) is 6.03. The summed E-state index contributed by atoms with van der Waals surface area (Å²) < 4.78 is 15.2. The van der Waals surface area contributed by atoms with Crippen LogP contribution in [0.15, 0.2) is 55.0 Å². The van der Waals surface area contributed by atoms with Crippen LogP contribution in [-0.2, 0) is 0 Å². The zero-order chi connectivity index (χ0) is 18.3. The predicted octanol–water partition coefficient (Wildman–Crippen LogP) is 3.00. The fourth-order valence-electron chi connectivity index (χ4n) is 2.77. The van der Waals surface area contributed by atoms with Gasteiger partial charge in [0.1, 0.15) is 17.2 Å². The number of aromatic nitrogens is 4. The van der Waals surface area contributed by atoms with Crippen molar-refractivity contribution in [3.05, 3.63) is 72.2 Å². The minimum Gasteiger partial charge on any atom is -0.364 e. The van der Waals surface area contributed by atoms with Crippen LogP contribution in [0.4, 0.5) is 4.39 Å². The van der Waals surface area contributed by atoms with Crippen LogP contribution in [0.1, 0.15) is 16.2 Å². The number of hydrogen-bond acceptors (Lipinski definition) is 4. The summed E-state index contributed by atoms with van der Waals surface area (Å²) in [6.45, 7) is 1.94. The second-order valence-electron chi connectivity index (χ2n) is 5.87. The maximum absolute atomic E-state index is 13.3. The zero-order valence-corrected chi connectivity index (χ0v) is 13.8. The topological polar surface area (TPSA) is 86.2 Å². The molecule has 0 saturated carbocycles. The minimum atomic E-state index is -0.663. The number of imidazole rings is 1. The third-order valence-corrected chi connectivity index (χ3v) is 4.11. The first-order valence-corrected chi connectivity index (χ1v) is 7.90. The van der Waals surface area contributed by atoms with Gasteiger partial charge in [0.05, 0.1) is 17.6 Å². The molecule has 0 unspecified atom stereocenters. The number of carbonyl (C=O) groups is 1. The van der Waals surface area contributed by atoms with Crippen LogP contribution in [0.2, 0.25) is 0 Å². The molecule has 6 nitrogen and oxygen atoms in total. The summed E-state index contributed by atoms with van der Waals surface area (Å²) >= 11 is 0. The van der Waals surface area contributed by atoms with E-state index in [0.29, 0.717) is 17.0 Å². The standard InChI is InChI=1S/C19H14FN5O/c1-11-8-22-16-7-4-13(10-25(11)16)18-17(12-2-5-14(20)6-3-12)23-9-15(24-18)19(21)26/h2-10H,1H3,(H2,21,26). The van der Waals surface area contributed by atoms with Crippen molar-refractivity contribution in [1.82, 2.24) is 19.4 Å². The lowest BCUT2D eigenvalue weighted by atomic mass is 10.0. The van der Waals surface area contributed by atoms with E-state index >= 15 is 0 Å². The van der Waals surface area contributed by atoms with Gasteiger partial charge in [0.25, 0.3) is 5.91 Å². The van der Waals surface area contributed by atoms with Crippen LogP contribution in [0.3, 0.4) is 0 Å². The normalized spacial score (nSPS) is 11.0. The average molecular weight is 347 g/mol. The minimum absolute atomic E-state index is 0.0633. The largest absolute Gasteiger partial charge is 0.364 e. The van der Waals surface area contributed by atoms with Gasteiger partial charge >= 0.3 is 0 Å². The van der Waals surface area contributed by atoms with E-state index in [1.165, 1.54) is 18.3 Å². The zero-order valence-electron chi connectivity index (χ0n) is 13.8. The van der Waals surface area contributed by atoms with Gasteiger partial charge in [-0.1, -0.05) is 0 Å². The molecule has 128 valence electrons. The van der Waals surface area contributed by atoms with E-state index in [2.05, 4.69) is 15.0 Å². The van der Waals surface area contributed by atoms with Crippen molar-refractivity contribution in [1.29, 1.82) is 0 Å². The Labute approximate surface area is 148 Å². The van der Waals surface area contributed by atoms with E-state index in [4.69, 9.17) is 5.73 Å². The Bertz CT molecular complexity index is 1130. The van der Waals surface area contributed by atoms with E-state index in [-0.39, 0.29) is 11.5 Å². The molecule has 0 aliphatic rings. The summed E-state index contributed by atoms with van der Waals surface area (Å²) in [5.74, 6) is -1.00. The highest BCUT2D eigenvalue weighted by molar-refractivity contribution is 5.92. The van der Waals surface area contributed by atoms with Crippen LogP contribution in [0.25, 0.3) is 28.2 Å². The molecule has 2 N–H and O–H groups in total. The fourth-order valence-corrected chi connectivity index (χ4v) is 2.77. The van der Waals surface area contributed by atoms with Crippen molar-refractivity contribution >= 4 is 11.6 Å². The van der Waals surface area contributed by atoms with Crippen molar-refractivity contribution in [2.75, 3.05) is 0 Å². The third-order valence-electron chi connectivity index (χ3n) is 4.11. The summed E-state index contributed by atoms with van der Waals surface area (Å²) in [5, 5.41) is 0. The lowest BCUT2D eigenvalue weighted by molar-refractivity contribution is 0.0995. The number of halogens is 1. The van der Waals surface area contributed by atoms with Gasteiger partial charge in [-0.25, -0.2) is 14.4 Å². The Hall–Kier alpha value is -3.61. The summed E-state index contributed by atoms with van der Waals surface area (Å²) in [6, 6.07) is 9.65. The lowest BCUT2D eigenvalue weighted by Crippen LogP contribution is -2.14.